The van der Waals surface area contributed by atoms with Crippen molar-refractivity contribution in [2.45, 2.75) is 26.9 Å². The zero-order valence-electron chi connectivity index (χ0n) is 10.6. The summed E-state index contributed by atoms with van der Waals surface area (Å²) in [5.41, 5.74) is 2.23. The highest BCUT2D eigenvalue weighted by atomic mass is 79.9. The van der Waals surface area contributed by atoms with Gasteiger partial charge in [-0.05, 0) is 25.5 Å². The Kier molecular flexibility index (Phi) is 4.92. The second kappa shape index (κ2) is 6.45. The van der Waals surface area contributed by atoms with E-state index in [1.807, 2.05) is 12.1 Å². The van der Waals surface area contributed by atoms with Crippen LogP contribution in [0.1, 0.15) is 23.2 Å². The number of nitrogens with zero attached hydrogens (tertiary/aromatic N) is 1. The van der Waals surface area contributed by atoms with Gasteiger partial charge in [0.2, 0.25) is 0 Å². The molecule has 0 amide bonds. The first-order chi connectivity index (χ1) is 8.70. The molecule has 0 radical (unpaired) electrons. The van der Waals surface area contributed by atoms with E-state index in [1.165, 1.54) is 4.88 Å². The van der Waals surface area contributed by atoms with E-state index in [0.29, 0.717) is 6.61 Å². The Balaban J connectivity index is 2.16. The first-order valence-corrected chi connectivity index (χ1v) is 7.61. The van der Waals surface area contributed by atoms with Crippen molar-refractivity contribution in [3.63, 3.8) is 0 Å². The van der Waals surface area contributed by atoms with E-state index >= 15 is 0 Å². The molecule has 0 unspecified atom stereocenters. The summed E-state index contributed by atoms with van der Waals surface area (Å²) in [5.74, 6) is 0. The van der Waals surface area contributed by atoms with Crippen LogP contribution in [-0.2, 0) is 11.3 Å². The number of halogens is 1. The number of benzene rings is 1. The smallest absolute Gasteiger partial charge is 0.119 e. The summed E-state index contributed by atoms with van der Waals surface area (Å²) in [6.07, 6.45) is 1.05. The highest BCUT2D eigenvalue weighted by Gasteiger charge is 2.09. The molecule has 0 bridgehead atoms. The summed E-state index contributed by atoms with van der Waals surface area (Å²) < 4.78 is 6.62. The van der Waals surface area contributed by atoms with Crippen molar-refractivity contribution < 1.29 is 4.74 Å². The maximum Gasteiger partial charge on any atom is 0.119 e. The summed E-state index contributed by atoms with van der Waals surface area (Å²) in [7, 11) is 0. The van der Waals surface area contributed by atoms with Crippen molar-refractivity contribution in [3.8, 4) is 11.3 Å². The van der Waals surface area contributed by atoms with Gasteiger partial charge in [-0.15, -0.1) is 11.3 Å². The molecule has 4 heteroatoms. The molecule has 0 saturated carbocycles. The number of hydrogen-bond donors (Lipinski definition) is 0. The summed E-state index contributed by atoms with van der Waals surface area (Å²) >= 11 is 5.16. The highest BCUT2D eigenvalue weighted by Crippen LogP contribution is 2.28. The summed E-state index contributed by atoms with van der Waals surface area (Å²) in [4.78, 5) is 5.90. The van der Waals surface area contributed by atoms with Gasteiger partial charge in [0.1, 0.15) is 5.01 Å². The summed E-state index contributed by atoms with van der Waals surface area (Å²) in [6, 6.07) is 8.26. The molecule has 0 aliphatic heterocycles. The average Bonchev–Trinajstić information content (AvgIpc) is 2.72. The molecule has 0 spiro atoms. The third-order valence-electron chi connectivity index (χ3n) is 2.53. The SMILES string of the molecule is CCCOCc1nc(-c2ccc(Br)cc2)c(C)s1. The normalized spacial score (nSPS) is 10.8. The highest BCUT2D eigenvalue weighted by molar-refractivity contribution is 9.10. The fourth-order valence-corrected chi connectivity index (χ4v) is 2.85. The van der Waals surface area contributed by atoms with Gasteiger partial charge in [-0.25, -0.2) is 4.98 Å². The van der Waals surface area contributed by atoms with Crippen LogP contribution in [0.2, 0.25) is 0 Å². The van der Waals surface area contributed by atoms with Gasteiger partial charge >= 0.3 is 0 Å². The molecular weight excluding hydrogens is 310 g/mol. The Morgan fingerprint density at radius 2 is 2.00 bits per heavy atom. The molecule has 0 saturated heterocycles. The summed E-state index contributed by atoms with van der Waals surface area (Å²) in [5, 5.41) is 1.05. The van der Waals surface area contributed by atoms with Gasteiger partial charge in [0.25, 0.3) is 0 Å². The van der Waals surface area contributed by atoms with Crippen molar-refractivity contribution >= 4 is 27.3 Å². The van der Waals surface area contributed by atoms with E-state index in [2.05, 4.69) is 46.9 Å². The van der Waals surface area contributed by atoms with Crippen LogP contribution < -0.4 is 0 Å². The van der Waals surface area contributed by atoms with Crippen molar-refractivity contribution in [3.05, 3.63) is 38.6 Å². The molecule has 1 aromatic carbocycles. The molecule has 96 valence electrons. The van der Waals surface area contributed by atoms with E-state index in [4.69, 9.17) is 4.74 Å². The van der Waals surface area contributed by atoms with Gasteiger partial charge < -0.3 is 4.74 Å². The zero-order valence-corrected chi connectivity index (χ0v) is 13.0. The van der Waals surface area contributed by atoms with Crippen LogP contribution in [0.4, 0.5) is 0 Å². The van der Waals surface area contributed by atoms with E-state index in [-0.39, 0.29) is 0 Å². The van der Waals surface area contributed by atoms with Gasteiger partial charge in [-0.3, -0.25) is 0 Å². The van der Waals surface area contributed by atoms with Gasteiger partial charge in [0.15, 0.2) is 0 Å². The minimum Gasteiger partial charge on any atom is -0.374 e. The number of hydrogen-bond acceptors (Lipinski definition) is 3. The Morgan fingerprint density at radius 1 is 1.28 bits per heavy atom. The number of ether oxygens (including phenoxy) is 1. The molecular formula is C14H16BrNOS. The number of thiazole rings is 1. The van der Waals surface area contributed by atoms with Crippen molar-refractivity contribution in [1.82, 2.24) is 4.98 Å². The molecule has 1 aromatic heterocycles. The second-order valence-electron chi connectivity index (χ2n) is 4.07. The van der Waals surface area contributed by atoms with Crippen LogP contribution in [0.3, 0.4) is 0 Å². The van der Waals surface area contributed by atoms with Crippen molar-refractivity contribution in [1.29, 1.82) is 0 Å². The molecule has 18 heavy (non-hydrogen) atoms. The molecule has 2 rings (SSSR count). The first-order valence-electron chi connectivity index (χ1n) is 6.00. The van der Waals surface area contributed by atoms with Crippen LogP contribution in [0, 0.1) is 6.92 Å². The molecule has 0 aliphatic rings. The van der Waals surface area contributed by atoms with E-state index in [1.54, 1.807) is 11.3 Å². The molecule has 2 aromatic rings. The minimum atomic E-state index is 0.621. The Labute approximate surface area is 120 Å². The zero-order chi connectivity index (χ0) is 13.0. The van der Waals surface area contributed by atoms with Gasteiger partial charge in [-0.2, -0.15) is 0 Å². The fourth-order valence-electron chi connectivity index (χ4n) is 1.69. The lowest BCUT2D eigenvalue weighted by molar-refractivity contribution is 0.121. The van der Waals surface area contributed by atoms with Crippen LogP contribution in [-0.4, -0.2) is 11.6 Å². The number of aromatic nitrogens is 1. The van der Waals surface area contributed by atoms with E-state index in [9.17, 15) is 0 Å². The molecule has 0 aliphatic carbocycles. The first kappa shape index (κ1) is 13.7. The second-order valence-corrected chi connectivity index (χ2v) is 6.28. The molecule has 0 fully saturated rings. The Bertz CT molecular complexity index is 507. The largest absolute Gasteiger partial charge is 0.374 e. The van der Waals surface area contributed by atoms with Crippen molar-refractivity contribution in [2.24, 2.45) is 0 Å². The minimum absolute atomic E-state index is 0.621. The standard InChI is InChI=1S/C14H16BrNOS/c1-3-8-17-9-13-16-14(10(2)18-13)11-4-6-12(15)7-5-11/h4-7H,3,8-9H2,1-2H3. The molecule has 1 heterocycles. The quantitative estimate of drug-likeness (QED) is 0.736. The van der Waals surface area contributed by atoms with E-state index < -0.39 is 0 Å². The number of rotatable bonds is 5. The lowest BCUT2D eigenvalue weighted by atomic mass is 10.1. The molecule has 2 nitrogen and oxygen atoms in total. The average molecular weight is 326 g/mol. The maximum absolute atomic E-state index is 5.53. The van der Waals surface area contributed by atoms with Gasteiger partial charge in [0.05, 0.1) is 12.3 Å². The van der Waals surface area contributed by atoms with Crippen LogP contribution in [0.25, 0.3) is 11.3 Å². The maximum atomic E-state index is 5.53. The topological polar surface area (TPSA) is 22.1 Å². The predicted octanol–water partition coefficient (Wildman–Crippen LogP) is 4.81. The third-order valence-corrected chi connectivity index (χ3v) is 4.01. The van der Waals surface area contributed by atoms with E-state index in [0.717, 1.165) is 33.8 Å². The van der Waals surface area contributed by atoms with Gasteiger partial charge in [0, 0.05) is 21.5 Å². The predicted molar refractivity (Wildman–Crippen MR) is 79.9 cm³/mol. The fraction of sp³-hybridized carbons (Fsp3) is 0.357. The van der Waals surface area contributed by atoms with Crippen LogP contribution in [0.5, 0.6) is 0 Å². The third kappa shape index (κ3) is 3.40. The van der Waals surface area contributed by atoms with Crippen LogP contribution >= 0.6 is 27.3 Å². The molecule has 0 N–H and O–H groups in total. The van der Waals surface area contributed by atoms with Crippen LogP contribution in [0.15, 0.2) is 28.7 Å². The number of aryl methyl sites for hydroxylation is 1. The summed E-state index contributed by atoms with van der Waals surface area (Å²) in [6.45, 7) is 5.64. The Morgan fingerprint density at radius 3 is 2.67 bits per heavy atom. The molecule has 0 atom stereocenters. The van der Waals surface area contributed by atoms with Crippen molar-refractivity contribution in [2.75, 3.05) is 6.61 Å². The Hall–Kier alpha value is -0.710. The lowest BCUT2D eigenvalue weighted by Crippen LogP contribution is -1.93. The monoisotopic (exact) mass is 325 g/mol. The lowest BCUT2D eigenvalue weighted by Gasteiger charge is -1.99. The van der Waals surface area contributed by atoms with Gasteiger partial charge in [-0.1, -0.05) is 35.0 Å².